The van der Waals surface area contributed by atoms with E-state index in [9.17, 15) is 4.79 Å². The molecule has 7 nitrogen and oxygen atoms in total. The number of carbonyl (C=O) groups is 1. The summed E-state index contributed by atoms with van der Waals surface area (Å²) in [4.78, 5) is 22.9. The van der Waals surface area contributed by atoms with E-state index < -0.39 is 0 Å². The van der Waals surface area contributed by atoms with Crippen LogP contribution in [0.3, 0.4) is 0 Å². The van der Waals surface area contributed by atoms with Gasteiger partial charge >= 0.3 is 0 Å². The maximum Gasteiger partial charge on any atom is 0.246 e. The van der Waals surface area contributed by atoms with Crippen LogP contribution in [0.1, 0.15) is 18.4 Å². The number of fused-ring (bicyclic) bond motifs is 2. The first-order chi connectivity index (χ1) is 18.1. The smallest absolute Gasteiger partial charge is 0.246 e. The highest BCUT2D eigenvalue weighted by molar-refractivity contribution is 6.36. The molecule has 2 aromatic carbocycles. The number of nitrogens with zero attached hydrogens (tertiary/aromatic N) is 4. The number of hydrogen-bond donors (Lipinski definition) is 2. The molecular formula is C28H26BClN6O. The summed E-state index contributed by atoms with van der Waals surface area (Å²) in [7, 11) is 2.00. The van der Waals surface area contributed by atoms with Gasteiger partial charge < -0.3 is 15.2 Å². The van der Waals surface area contributed by atoms with Crippen LogP contribution in [0.4, 0.5) is 5.82 Å². The molecule has 6 rings (SSSR count). The molecule has 4 heterocycles. The normalized spacial score (nSPS) is 14.7. The number of H-pyrrole nitrogens is 1. The molecule has 0 saturated carbocycles. The zero-order chi connectivity index (χ0) is 25.4. The predicted octanol–water partition coefficient (Wildman–Crippen LogP) is 3.91. The lowest BCUT2D eigenvalue weighted by molar-refractivity contribution is -0.126. The molecule has 0 radical (unpaired) electrons. The quantitative estimate of drug-likeness (QED) is 0.279. The van der Waals surface area contributed by atoms with Gasteiger partial charge in [-0.3, -0.25) is 4.79 Å². The van der Waals surface area contributed by atoms with E-state index in [2.05, 4.69) is 21.5 Å². The number of halogens is 1. The molecule has 1 amide bonds. The highest BCUT2D eigenvalue weighted by Gasteiger charge is 2.23. The summed E-state index contributed by atoms with van der Waals surface area (Å²) in [5, 5.41) is 9.97. The van der Waals surface area contributed by atoms with E-state index in [1.807, 2.05) is 84.3 Å². The summed E-state index contributed by atoms with van der Waals surface area (Å²) in [6.07, 6.45) is 9.03. The summed E-state index contributed by atoms with van der Waals surface area (Å²) < 4.78 is 1.84. The van der Waals surface area contributed by atoms with Crippen LogP contribution in [-0.4, -0.2) is 57.4 Å². The largest absolute Gasteiger partial charge is 0.367 e. The second kappa shape index (κ2) is 9.79. The number of carbonyl (C=O) groups excluding carboxylic acids is 1. The molecule has 0 aliphatic carbocycles. The molecule has 37 heavy (non-hydrogen) atoms. The standard InChI is InChI=1S/C28H26BClN6O/c29-22-17-32-36-26(15-25(34-28(22)36)21-6-1-3-7-23(21)30)33-19-11-13-35(14-12-19)27(37)10-9-18-16-31-24-8-4-2-5-20(18)24/h1-10,15-17,19,31,33H,11-14,29H2/b10-9+. The van der Waals surface area contributed by atoms with Crippen molar-refractivity contribution in [3.8, 4) is 11.3 Å². The minimum absolute atomic E-state index is 0.0405. The van der Waals surface area contributed by atoms with Crippen LogP contribution >= 0.6 is 11.6 Å². The third kappa shape index (κ3) is 4.60. The van der Waals surface area contributed by atoms with Crippen molar-refractivity contribution in [2.45, 2.75) is 18.9 Å². The van der Waals surface area contributed by atoms with Gasteiger partial charge in [0, 0.05) is 65.2 Å². The molecule has 0 spiro atoms. The first-order valence-corrected chi connectivity index (χ1v) is 12.8. The Morgan fingerprint density at radius 2 is 1.92 bits per heavy atom. The van der Waals surface area contributed by atoms with E-state index in [0.29, 0.717) is 18.1 Å². The van der Waals surface area contributed by atoms with Crippen LogP contribution in [0.15, 0.2) is 73.1 Å². The van der Waals surface area contributed by atoms with Crippen LogP contribution < -0.4 is 10.8 Å². The molecule has 2 N–H and O–H groups in total. The van der Waals surface area contributed by atoms with Gasteiger partial charge in [0.25, 0.3) is 0 Å². The van der Waals surface area contributed by atoms with Crippen LogP contribution in [0.5, 0.6) is 0 Å². The molecule has 1 aliphatic rings. The van der Waals surface area contributed by atoms with E-state index in [-0.39, 0.29) is 11.9 Å². The van der Waals surface area contributed by atoms with Gasteiger partial charge in [0.1, 0.15) is 13.7 Å². The maximum absolute atomic E-state index is 12.9. The second-order valence-corrected chi connectivity index (χ2v) is 9.84. The maximum atomic E-state index is 12.9. The highest BCUT2D eigenvalue weighted by atomic mass is 35.5. The Labute approximate surface area is 220 Å². The average Bonchev–Trinajstić information content (AvgIpc) is 3.51. The molecule has 0 unspecified atom stereocenters. The Bertz CT molecular complexity index is 1630. The number of likely N-dealkylation sites (tertiary alicyclic amines) is 1. The monoisotopic (exact) mass is 508 g/mol. The van der Waals surface area contributed by atoms with E-state index >= 15 is 0 Å². The Balaban J connectivity index is 1.16. The van der Waals surface area contributed by atoms with Crippen molar-refractivity contribution in [3.05, 3.63) is 83.7 Å². The lowest BCUT2D eigenvalue weighted by Gasteiger charge is -2.32. The summed E-state index contributed by atoms with van der Waals surface area (Å²) in [6, 6.07) is 18.0. The topological polar surface area (TPSA) is 78.3 Å². The van der Waals surface area contributed by atoms with Crippen LogP contribution in [0, 0.1) is 0 Å². The van der Waals surface area contributed by atoms with E-state index in [4.69, 9.17) is 16.6 Å². The molecule has 5 aromatic rings. The molecule has 184 valence electrons. The zero-order valence-corrected chi connectivity index (χ0v) is 21.2. The number of para-hydroxylation sites is 1. The fraction of sp³-hybridized carbons (Fsp3) is 0.179. The second-order valence-electron chi connectivity index (χ2n) is 9.44. The molecule has 9 heteroatoms. The van der Waals surface area contributed by atoms with Gasteiger partial charge in [-0.25, -0.2) is 4.98 Å². The van der Waals surface area contributed by atoms with E-state index in [1.165, 1.54) is 0 Å². The number of aromatic amines is 1. The van der Waals surface area contributed by atoms with Gasteiger partial charge in [0.05, 0.1) is 5.69 Å². The first kappa shape index (κ1) is 23.4. The Morgan fingerprint density at radius 1 is 1.14 bits per heavy atom. The minimum atomic E-state index is 0.0405. The molecule has 1 saturated heterocycles. The summed E-state index contributed by atoms with van der Waals surface area (Å²) in [5.41, 5.74) is 5.58. The van der Waals surface area contributed by atoms with Gasteiger partial charge in [0.15, 0.2) is 5.65 Å². The van der Waals surface area contributed by atoms with Crippen molar-refractivity contribution in [1.29, 1.82) is 0 Å². The lowest BCUT2D eigenvalue weighted by atomic mass is 10.0. The summed E-state index contributed by atoms with van der Waals surface area (Å²) in [5.74, 6) is 0.913. The van der Waals surface area contributed by atoms with Crippen LogP contribution in [0.2, 0.25) is 5.02 Å². The van der Waals surface area contributed by atoms with Gasteiger partial charge in [-0.2, -0.15) is 9.61 Å². The van der Waals surface area contributed by atoms with E-state index in [1.54, 1.807) is 6.08 Å². The van der Waals surface area contributed by atoms with Gasteiger partial charge in [-0.05, 0) is 42.1 Å². The van der Waals surface area contributed by atoms with Crippen molar-refractivity contribution in [2.24, 2.45) is 0 Å². The third-order valence-electron chi connectivity index (χ3n) is 6.98. The van der Waals surface area contributed by atoms with Gasteiger partial charge in [0.2, 0.25) is 5.91 Å². The Morgan fingerprint density at radius 3 is 2.76 bits per heavy atom. The van der Waals surface area contributed by atoms with E-state index in [0.717, 1.165) is 57.5 Å². The van der Waals surface area contributed by atoms with Crippen molar-refractivity contribution < 1.29 is 4.79 Å². The molecule has 1 aliphatic heterocycles. The number of amides is 1. The van der Waals surface area contributed by atoms with Crippen LogP contribution in [-0.2, 0) is 4.79 Å². The number of anilines is 1. The fourth-order valence-electron chi connectivity index (χ4n) is 4.93. The lowest BCUT2D eigenvalue weighted by Crippen LogP contribution is -2.42. The summed E-state index contributed by atoms with van der Waals surface area (Å²) >= 11 is 6.47. The zero-order valence-electron chi connectivity index (χ0n) is 20.5. The molecule has 0 atom stereocenters. The van der Waals surface area contributed by atoms with Gasteiger partial charge in [-0.15, -0.1) is 0 Å². The van der Waals surface area contributed by atoms with Crippen molar-refractivity contribution in [1.82, 2.24) is 24.5 Å². The number of aromatic nitrogens is 4. The molecule has 0 bridgehead atoms. The van der Waals surface area contributed by atoms with Crippen molar-refractivity contribution >= 4 is 59.3 Å². The Kier molecular flexibility index (Phi) is 6.18. The number of rotatable bonds is 5. The number of nitrogens with one attached hydrogen (secondary N) is 2. The predicted molar refractivity (Wildman–Crippen MR) is 152 cm³/mol. The van der Waals surface area contributed by atoms with Gasteiger partial charge in [-0.1, -0.05) is 48.0 Å². The third-order valence-corrected chi connectivity index (χ3v) is 7.31. The average molecular weight is 509 g/mol. The Hall–Kier alpha value is -4.04. The van der Waals surface area contributed by atoms with Crippen molar-refractivity contribution in [3.63, 3.8) is 0 Å². The number of hydrogen-bond acceptors (Lipinski definition) is 4. The molecule has 1 fully saturated rings. The highest BCUT2D eigenvalue weighted by Crippen LogP contribution is 2.29. The first-order valence-electron chi connectivity index (χ1n) is 12.5. The number of piperidine rings is 1. The minimum Gasteiger partial charge on any atom is -0.367 e. The fourth-order valence-corrected chi connectivity index (χ4v) is 5.17. The molecular weight excluding hydrogens is 483 g/mol. The number of benzene rings is 2. The SMILES string of the molecule is Bc1cnn2c(NC3CCN(C(=O)/C=C/c4c[nH]c5ccccc45)CC3)cc(-c3ccccc3Cl)nc12. The molecule has 3 aromatic heterocycles. The summed E-state index contributed by atoms with van der Waals surface area (Å²) in [6.45, 7) is 1.39. The van der Waals surface area contributed by atoms with Crippen LogP contribution in [0.25, 0.3) is 33.9 Å². The van der Waals surface area contributed by atoms with Crippen molar-refractivity contribution in [2.75, 3.05) is 18.4 Å².